The minimum absolute atomic E-state index is 0.0171. The standard InChI is InChI=1S/C13H9ClFN3OS/c1-6-17-9(5-20-6)12-10(13(16)19-18-12)7-3-2-4-8(14)11(7)15/h2-5H,16H2,1H3. The number of benzene rings is 1. The van der Waals surface area contributed by atoms with Gasteiger partial charge in [0.15, 0.2) is 0 Å². The van der Waals surface area contributed by atoms with Crippen LogP contribution in [0, 0.1) is 12.7 Å². The van der Waals surface area contributed by atoms with Gasteiger partial charge in [-0.3, -0.25) is 0 Å². The van der Waals surface area contributed by atoms with Gasteiger partial charge in [-0.2, -0.15) is 0 Å². The lowest BCUT2D eigenvalue weighted by Gasteiger charge is -2.04. The maximum absolute atomic E-state index is 14.2. The molecule has 4 nitrogen and oxygen atoms in total. The molecule has 0 aliphatic rings. The molecule has 0 saturated heterocycles. The van der Waals surface area contributed by atoms with Crippen LogP contribution >= 0.6 is 22.9 Å². The van der Waals surface area contributed by atoms with Crippen molar-refractivity contribution in [3.05, 3.63) is 39.4 Å². The van der Waals surface area contributed by atoms with E-state index in [2.05, 4.69) is 10.1 Å². The van der Waals surface area contributed by atoms with E-state index in [4.69, 9.17) is 21.9 Å². The predicted molar refractivity (Wildman–Crippen MR) is 77.2 cm³/mol. The molecular weight excluding hydrogens is 301 g/mol. The van der Waals surface area contributed by atoms with Crippen LogP contribution in [-0.2, 0) is 0 Å². The van der Waals surface area contributed by atoms with Crippen molar-refractivity contribution in [2.24, 2.45) is 0 Å². The van der Waals surface area contributed by atoms with Gasteiger partial charge in [0.1, 0.15) is 17.2 Å². The van der Waals surface area contributed by atoms with Gasteiger partial charge in [0, 0.05) is 10.9 Å². The van der Waals surface area contributed by atoms with Gasteiger partial charge in [-0.25, -0.2) is 9.37 Å². The number of hydrogen-bond donors (Lipinski definition) is 1. The molecule has 7 heteroatoms. The second-order valence-corrected chi connectivity index (χ2v) is 5.59. The lowest BCUT2D eigenvalue weighted by Crippen LogP contribution is -1.91. The minimum atomic E-state index is -0.558. The van der Waals surface area contributed by atoms with Crippen LogP contribution in [0.4, 0.5) is 10.3 Å². The Labute approximate surface area is 123 Å². The Balaban J connectivity index is 2.24. The van der Waals surface area contributed by atoms with Gasteiger partial charge in [0.25, 0.3) is 0 Å². The molecule has 2 N–H and O–H groups in total. The van der Waals surface area contributed by atoms with Crippen molar-refractivity contribution in [1.29, 1.82) is 0 Å². The first-order chi connectivity index (χ1) is 9.58. The second kappa shape index (κ2) is 4.88. The molecule has 0 spiro atoms. The molecule has 0 fully saturated rings. The first-order valence-corrected chi connectivity index (χ1v) is 6.95. The Morgan fingerprint density at radius 1 is 1.40 bits per heavy atom. The third-order valence-electron chi connectivity index (χ3n) is 2.80. The molecule has 0 bridgehead atoms. The fraction of sp³-hybridized carbons (Fsp3) is 0.0769. The number of anilines is 1. The monoisotopic (exact) mass is 309 g/mol. The van der Waals surface area contributed by atoms with Crippen molar-refractivity contribution in [2.45, 2.75) is 6.92 Å². The number of nitrogens with zero attached hydrogens (tertiary/aromatic N) is 2. The van der Waals surface area contributed by atoms with E-state index in [0.29, 0.717) is 17.0 Å². The predicted octanol–water partition coefficient (Wildman–Crippen LogP) is 4.15. The lowest BCUT2D eigenvalue weighted by atomic mass is 10.0. The molecule has 1 aromatic carbocycles. The van der Waals surface area contributed by atoms with Gasteiger partial charge in [-0.15, -0.1) is 11.3 Å². The van der Waals surface area contributed by atoms with Gasteiger partial charge >= 0.3 is 0 Å². The van der Waals surface area contributed by atoms with Crippen LogP contribution in [0.25, 0.3) is 22.5 Å². The number of halogens is 2. The largest absolute Gasteiger partial charge is 0.367 e. The Morgan fingerprint density at radius 2 is 2.20 bits per heavy atom. The maximum atomic E-state index is 14.2. The summed E-state index contributed by atoms with van der Waals surface area (Å²) in [5.41, 5.74) is 7.40. The van der Waals surface area contributed by atoms with E-state index in [1.807, 2.05) is 12.3 Å². The van der Waals surface area contributed by atoms with Crippen molar-refractivity contribution in [3.63, 3.8) is 0 Å². The van der Waals surface area contributed by atoms with Crippen LogP contribution in [0.1, 0.15) is 5.01 Å². The summed E-state index contributed by atoms with van der Waals surface area (Å²) in [7, 11) is 0. The van der Waals surface area contributed by atoms with Crippen molar-refractivity contribution in [2.75, 3.05) is 5.73 Å². The van der Waals surface area contributed by atoms with Gasteiger partial charge in [0.2, 0.25) is 5.88 Å². The molecule has 2 aromatic heterocycles. The molecule has 0 saturated carbocycles. The number of nitrogen functional groups attached to an aromatic ring is 1. The van der Waals surface area contributed by atoms with E-state index in [0.717, 1.165) is 5.01 Å². The van der Waals surface area contributed by atoms with Crippen molar-refractivity contribution in [1.82, 2.24) is 10.1 Å². The van der Waals surface area contributed by atoms with Crippen molar-refractivity contribution in [3.8, 4) is 22.5 Å². The van der Waals surface area contributed by atoms with E-state index in [-0.39, 0.29) is 16.5 Å². The summed E-state index contributed by atoms with van der Waals surface area (Å²) in [4.78, 5) is 4.32. The number of hydrogen-bond acceptors (Lipinski definition) is 5. The number of thiazole rings is 1. The summed E-state index contributed by atoms with van der Waals surface area (Å²) in [5.74, 6) is -0.524. The minimum Gasteiger partial charge on any atom is -0.367 e. The highest BCUT2D eigenvalue weighted by molar-refractivity contribution is 7.09. The van der Waals surface area contributed by atoms with Gasteiger partial charge in [-0.05, 0) is 13.0 Å². The quantitative estimate of drug-likeness (QED) is 0.772. The van der Waals surface area contributed by atoms with E-state index in [1.54, 1.807) is 12.1 Å². The van der Waals surface area contributed by atoms with Crippen LogP contribution in [-0.4, -0.2) is 10.1 Å². The Kier molecular flexibility index (Phi) is 3.19. The molecule has 2 heterocycles. The molecule has 0 amide bonds. The van der Waals surface area contributed by atoms with Gasteiger partial charge in [0.05, 0.1) is 15.6 Å². The molecule has 102 valence electrons. The fourth-order valence-corrected chi connectivity index (χ4v) is 2.68. The van der Waals surface area contributed by atoms with E-state index >= 15 is 0 Å². The molecule has 0 aliphatic carbocycles. The summed E-state index contributed by atoms with van der Waals surface area (Å²) in [6, 6.07) is 4.69. The molecule has 0 atom stereocenters. The summed E-state index contributed by atoms with van der Waals surface area (Å²) < 4.78 is 19.2. The highest BCUT2D eigenvalue weighted by Gasteiger charge is 2.22. The van der Waals surface area contributed by atoms with Crippen LogP contribution in [0.15, 0.2) is 28.1 Å². The second-order valence-electron chi connectivity index (χ2n) is 4.12. The third-order valence-corrected chi connectivity index (χ3v) is 3.87. The lowest BCUT2D eigenvalue weighted by molar-refractivity contribution is 0.439. The first kappa shape index (κ1) is 13.1. The van der Waals surface area contributed by atoms with E-state index in [9.17, 15) is 4.39 Å². The average molecular weight is 310 g/mol. The average Bonchev–Trinajstić information content (AvgIpc) is 2.99. The highest BCUT2D eigenvalue weighted by atomic mass is 35.5. The zero-order valence-corrected chi connectivity index (χ0v) is 11.9. The van der Waals surface area contributed by atoms with Crippen LogP contribution in [0.3, 0.4) is 0 Å². The van der Waals surface area contributed by atoms with Crippen molar-refractivity contribution < 1.29 is 8.91 Å². The summed E-state index contributed by atoms with van der Waals surface area (Å²) >= 11 is 7.27. The Hall–Kier alpha value is -1.92. The first-order valence-electron chi connectivity index (χ1n) is 5.70. The molecule has 0 aliphatic heterocycles. The topological polar surface area (TPSA) is 64.9 Å². The van der Waals surface area contributed by atoms with Crippen molar-refractivity contribution >= 4 is 28.8 Å². The normalized spacial score (nSPS) is 10.9. The van der Waals surface area contributed by atoms with Crippen LogP contribution in [0.2, 0.25) is 5.02 Å². The number of nitrogens with two attached hydrogens (primary N) is 1. The zero-order chi connectivity index (χ0) is 14.3. The molecule has 0 unspecified atom stereocenters. The van der Waals surface area contributed by atoms with E-state index < -0.39 is 5.82 Å². The van der Waals surface area contributed by atoms with E-state index in [1.165, 1.54) is 17.4 Å². The van der Waals surface area contributed by atoms with Crippen LogP contribution < -0.4 is 5.73 Å². The molecule has 20 heavy (non-hydrogen) atoms. The number of rotatable bonds is 2. The Bertz CT molecular complexity index is 784. The molecule has 3 rings (SSSR count). The number of aryl methyl sites for hydroxylation is 1. The maximum Gasteiger partial charge on any atom is 0.230 e. The third kappa shape index (κ3) is 2.07. The Morgan fingerprint density at radius 3 is 2.90 bits per heavy atom. The smallest absolute Gasteiger partial charge is 0.230 e. The highest BCUT2D eigenvalue weighted by Crippen LogP contribution is 2.38. The molecule has 0 radical (unpaired) electrons. The fourth-order valence-electron chi connectivity index (χ4n) is 1.91. The van der Waals surface area contributed by atoms with Crippen LogP contribution in [0.5, 0.6) is 0 Å². The molecule has 3 aromatic rings. The summed E-state index contributed by atoms with van der Waals surface area (Å²) in [6.07, 6.45) is 0. The van der Waals surface area contributed by atoms with Gasteiger partial charge < -0.3 is 10.3 Å². The summed E-state index contributed by atoms with van der Waals surface area (Å²) in [5, 5.41) is 6.59. The molecular formula is C13H9ClFN3OS. The number of aromatic nitrogens is 2. The SMILES string of the molecule is Cc1nc(-c2noc(N)c2-c2cccc(Cl)c2F)cs1. The zero-order valence-electron chi connectivity index (χ0n) is 10.4. The summed E-state index contributed by atoms with van der Waals surface area (Å²) in [6.45, 7) is 1.87. The van der Waals surface area contributed by atoms with Gasteiger partial charge in [-0.1, -0.05) is 28.9 Å².